The summed E-state index contributed by atoms with van der Waals surface area (Å²) in [6.45, 7) is 15.8. The smallest absolute Gasteiger partial charge is 0.407 e. The molecule has 0 radical (unpaired) electrons. The molecule has 1 aliphatic rings. The van der Waals surface area contributed by atoms with E-state index in [2.05, 4.69) is 21.3 Å². The molecule has 14 nitrogen and oxygen atoms in total. The van der Waals surface area contributed by atoms with Crippen LogP contribution in [-0.4, -0.2) is 102 Å². The van der Waals surface area contributed by atoms with Crippen LogP contribution in [0.2, 0.25) is 0 Å². The molecular weight excluding hydrogens is 646 g/mol. The Balaban J connectivity index is 2.21. The van der Waals surface area contributed by atoms with Gasteiger partial charge in [0.25, 0.3) is 5.91 Å². The van der Waals surface area contributed by atoms with Gasteiger partial charge in [0.1, 0.15) is 12.1 Å². The number of carbonyl (C=O) groups excluding carboxylic acids is 6. The number of ketones is 1. The zero-order valence-electron chi connectivity index (χ0n) is 31.0. The summed E-state index contributed by atoms with van der Waals surface area (Å²) >= 11 is 0. The number of rotatable bonds is 16. The highest BCUT2D eigenvalue weighted by molar-refractivity contribution is 6.38. The van der Waals surface area contributed by atoms with Crippen LogP contribution in [0.4, 0.5) is 4.79 Å². The summed E-state index contributed by atoms with van der Waals surface area (Å²) in [6, 6.07) is 4.73. The van der Waals surface area contributed by atoms with Crippen molar-refractivity contribution < 1.29 is 43.3 Å². The number of carbonyl (C=O) groups is 6. The minimum absolute atomic E-state index is 0.0588. The van der Waals surface area contributed by atoms with Crippen molar-refractivity contribution in [3.05, 3.63) is 35.9 Å². The van der Waals surface area contributed by atoms with Gasteiger partial charge in [0.2, 0.25) is 23.5 Å². The summed E-state index contributed by atoms with van der Waals surface area (Å²) in [7, 11) is 0. The fourth-order valence-electron chi connectivity index (χ4n) is 5.49. The van der Waals surface area contributed by atoms with Crippen LogP contribution in [0.15, 0.2) is 30.3 Å². The van der Waals surface area contributed by atoms with E-state index in [0.717, 1.165) is 0 Å². The van der Waals surface area contributed by atoms with Crippen LogP contribution in [0.25, 0.3) is 0 Å². The molecule has 280 valence electrons. The monoisotopic (exact) mass is 703 g/mol. The van der Waals surface area contributed by atoms with E-state index in [-0.39, 0.29) is 38.5 Å². The van der Waals surface area contributed by atoms with Gasteiger partial charge in [0.05, 0.1) is 43.5 Å². The van der Waals surface area contributed by atoms with Gasteiger partial charge in [-0.2, -0.15) is 0 Å². The molecule has 5 atom stereocenters. The Hall–Kier alpha value is -4.04. The number of nitrogens with one attached hydrogen (secondary N) is 4. The quantitative estimate of drug-likeness (QED) is 0.161. The number of ether oxygens (including phenoxy) is 2. The fraction of sp³-hybridized carbons (Fsp3) is 0.667. The standard InChI is InChI=1S/C36H57N5O9/c1-10-14-25(29(44)32(46)37-18-28(43)38-26(20-42)23-15-12-11-13-16-23)39-31(45)27-17-24(50-36(7,8)9)19-41(27)33(47)30(35(4,5)6)40-34(48)49-21-22(2)3/h11-13,15-16,22,24-27,30,42H,10,14,17-21H2,1-9H3,(H,37,46)(H,38,43)(H,39,45)(H,40,48)/t24-,25?,26-,27+,30-/m1/s1. The van der Waals surface area contributed by atoms with Gasteiger partial charge in [-0.3, -0.25) is 24.0 Å². The van der Waals surface area contributed by atoms with Gasteiger partial charge in [-0.25, -0.2) is 4.79 Å². The van der Waals surface area contributed by atoms with Gasteiger partial charge in [-0.15, -0.1) is 0 Å². The van der Waals surface area contributed by atoms with E-state index in [9.17, 15) is 33.9 Å². The van der Waals surface area contributed by atoms with Crippen LogP contribution in [0, 0.1) is 11.3 Å². The zero-order chi connectivity index (χ0) is 37.8. The minimum atomic E-state index is -1.23. The van der Waals surface area contributed by atoms with Gasteiger partial charge in [-0.1, -0.05) is 78.3 Å². The van der Waals surface area contributed by atoms with E-state index in [1.54, 1.807) is 58.0 Å². The van der Waals surface area contributed by atoms with Crippen molar-refractivity contribution in [2.75, 3.05) is 26.3 Å². The number of aliphatic hydroxyl groups excluding tert-OH is 1. The Kier molecular flexibility index (Phi) is 15.9. The number of alkyl carbamates (subject to hydrolysis) is 1. The van der Waals surface area contributed by atoms with Crippen molar-refractivity contribution in [3.8, 4) is 0 Å². The lowest BCUT2D eigenvalue weighted by Crippen LogP contribution is -2.59. The highest BCUT2D eigenvalue weighted by atomic mass is 16.5. The predicted molar refractivity (Wildman–Crippen MR) is 187 cm³/mol. The van der Waals surface area contributed by atoms with Crippen molar-refractivity contribution in [1.82, 2.24) is 26.2 Å². The third-order valence-electron chi connectivity index (χ3n) is 7.85. The average Bonchev–Trinajstić information content (AvgIpc) is 3.45. The molecule has 1 unspecified atom stereocenters. The first-order valence-corrected chi connectivity index (χ1v) is 17.3. The molecule has 1 saturated heterocycles. The third kappa shape index (κ3) is 13.3. The van der Waals surface area contributed by atoms with Gasteiger partial charge in [-0.05, 0) is 44.1 Å². The summed E-state index contributed by atoms with van der Waals surface area (Å²) in [5.74, 6) is -3.72. The van der Waals surface area contributed by atoms with Gasteiger partial charge in [0.15, 0.2) is 0 Å². The molecule has 0 bridgehead atoms. The average molecular weight is 704 g/mol. The Morgan fingerprint density at radius 1 is 0.960 bits per heavy atom. The summed E-state index contributed by atoms with van der Waals surface area (Å²) in [6.07, 6.45) is -0.589. The largest absolute Gasteiger partial charge is 0.449 e. The number of aliphatic hydroxyl groups is 1. The first-order valence-electron chi connectivity index (χ1n) is 17.3. The van der Waals surface area contributed by atoms with Gasteiger partial charge in [0, 0.05) is 13.0 Å². The lowest BCUT2D eigenvalue weighted by atomic mass is 9.85. The highest BCUT2D eigenvalue weighted by Crippen LogP contribution is 2.29. The maximum atomic E-state index is 14.1. The van der Waals surface area contributed by atoms with Crippen LogP contribution >= 0.6 is 0 Å². The number of amides is 5. The summed E-state index contributed by atoms with van der Waals surface area (Å²) in [5, 5.41) is 20.0. The van der Waals surface area contributed by atoms with Crippen molar-refractivity contribution >= 4 is 35.5 Å². The van der Waals surface area contributed by atoms with E-state index in [4.69, 9.17) is 9.47 Å². The van der Waals surface area contributed by atoms with Crippen molar-refractivity contribution in [2.24, 2.45) is 11.3 Å². The second-order valence-electron chi connectivity index (χ2n) is 15.1. The molecule has 5 amide bonds. The summed E-state index contributed by atoms with van der Waals surface area (Å²) < 4.78 is 11.4. The van der Waals surface area contributed by atoms with Crippen LogP contribution < -0.4 is 21.3 Å². The number of hydrogen-bond acceptors (Lipinski definition) is 9. The Bertz CT molecular complexity index is 1320. The van der Waals surface area contributed by atoms with E-state index >= 15 is 0 Å². The maximum absolute atomic E-state index is 14.1. The number of likely N-dealkylation sites (tertiary alicyclic amines) is 1. The zero-order valence-corrected chi connectivity index (χ0v) is 31.0. The molecule has 5 N–H and O–H groups in total. The van der Waals surface area contributed by atoms with E-state index in [0.29, 0.717) is 12.0 Å². The molecule has 2 rings (SSSR count). The first kappa shape index (κ1) is 42.1. The minimum Gasteiger partial charge on any atom is -0.449 e. The summed E-state index contributed by atoms with van der Waals surface area (Å²) in [5.41, 5.74) is -0.681. The Morgan fingerprint density at radius 2 is 1.60 bits per heavy atom. The van der Waals surface area contributed by atoms with Crippen molar-refractivity contribution in [2.45, 2.75) is 117 Å². The lowest BCUT2D eigenvalue weighted by molar-refractivity contribution is -0.144. The molecule has 0 aliphatic carbocycles. The topological polar surface area (TPSA) is 192 Å². The molecule has 1 aliphatic heterocycles. The SMILES string of the molecule is CCCC(NC(=O)[C@@H]1C[C@@H](OC(C)(C)C)CN1C(=O)[C@@H](NC(=O)OCC(C)C)C(C)(C)C)C(=O)C(=O)NCC(=O)N[C@H](CO)c1ccccc1. The van der Waals surface area contributed by atoms with Gasteiger partial charge >= 0.3 is 6.09 Å². The predicted octanol–water partition coefficient (Wildman–Crippen LogP) is 2.39. The van der Waals surface area contributed by atoms with E-state index in [1.807, 2.05) is 34.6 Å². The molecule has 1 fully saturated rings. The van der Waals surface area contributed by atoms with E-state index < -0.39 is 83.3 Å². The number of benzene rings is 1. The molecular formula is C36H57N5O9. The molecule has 50 heavy (non-hydrogen) atoms. The molecule has 1 aromatic rings. The van der Waals surface area contributed by atoms with E-state index in [1.165, 1.54) is 4.90 Å². The molecule has 1 aromatic carbocycles. The number of hydrogen-bond donors (Lipinski definition) is 5. The number of Topliss-reactive ketones (excluding diaryl/α,β-unsaturated/α-hetero) is 1. The fourth-order valence-corrected chi connectivity index (χ4v) is 5.49. The van der Waals surface area contributed by atoms with Crippen molar-refractivity contribution in [3.63, 3.8) is 0 Å². The normalized spacial score (nSPS) is 18.1. The lowest BCUT2D eigenvalue weighted by Gasteiger charge is -2.35. The Morgan fingerprint density at radius 3 is 2.14 bits per heavy atom. The second kappa shape index (κ2) is 18.8. The van der Waals surface area contributed by atoms with Gasteiger partial charge < -0.3 is 40.7 Å². The second-order valence-corrected chi connectivity index (χ2v) is 15.1. The molecule has 0 spiro atoms. The maximum Gasteiger partial charge on any atom is 0.407 e. The summed E-state index contributed by atoms with van der Waals surface area (Å²) in [4.78, 5) is 80.7. The molecule has 1 heterocycles. The van der Waals surface area contributed by atoms with Crippen LogP contribution in [0.5, 0.6) is 0 Å². The van der Waals surface area contributed by atoms with Crippen LogP contribution in [0.1, 0.15) is 93.2 Å². The first-order chi connectivity index (χ1) is 23.3. The third-order valence-corrected chi connectivity index (χ3v) is 7.85. The highest BCUT2D eigenvalue weighted by Gasteiger charge is 2.47. The molecule has 0 aromatic heterocycles. The molecule has 14 heteroatoms. The number of nitrogens with zero attached hydrogens (tertiary/aromatic N) is 1. The molecule has 0 saturated carbocycles. The Labute approximate surface area is 295 Å². The van der Waals surface area contributed by atoms with Crippen molar-refractivity contribution in [1.29, 1.82) is 0 Å². The van der Waals surface area contributed by atoms with Crippen LogP contribution in [-0.2, 0) is 33.4 Å². The van der Waals surface area contributed by atoms with Crippen LogP contribution in [0.3, 0.4) is 0 Å².